The van der Waals surface area contributed by atoms with Crippen LogP contribution in [0, 0.1) is 11.7 Å². The average molecular weight is 396 g/mol. The second kappa shape index (κ2) is 7.59. The normalized spacial score (nSPS) is 20.0. The molecule has 2 N–H and O–H groups in total. The molecule has 1 aliphatic carbocycles. The molecule has 5 nitrogen and oxygen atoms in total. The summed E-state index contributed by atoms with van der Waals surface area (Å²) in [5.74, 6) is -0.535. The Labute approximate surface area is 168 Å². The molecular formula is C23H25FN2O3. The number of nitrogens with zero attached hydrogens (tertiary/aromatic N) is 1. The van der Waals surface area contributed by atoms with Gasteiger partial charge in [-0.05, 0) is 75.8 Å². The summed E-state index contributed by atoms with van der Waals surface area (Å²) < 4.78 is 20.2. The Morgan fingerprint density at radius 2 is 1.97 bits per heavy atom. The van der Waals surface area contributed by atoms with Crippen molar-refractivity contribution in [3.05, 3.63) is 54.2 Å². The van der Waals surface area contributed by atoms with Gasteiger partial charge in [0.25, 0.3) is 5.91 Å². The zero-order valence-electron chi connectivity index (χ0n) is 16.6. The van der Waals surface area contributed by atoms with Gasteiger partial charge in [0.1, 0.15) is 11.4 Å². The molecule has 6 heteroatoms. The van der Waals surface area contributed by atoms with Gasteiger partial charge in [0.05, 0.1) is 17.6 Å². The molecule has 1 aliphatic rings. The zero-order valence-corrected chi connectivity index (χ0v) is 16.6. The Morgan fingerprint density at radius 1 is 1.21 bits per heavy atom. The number of benzene rings is 1. The molecule has 152 valence electrons. The molecule has 2 aromatic heterocycles. The summed E-state index contributed by atoms with van der Waals surface area (Å²) in [7, 11) is 0. The average Bonchev–Trinajstić information content (AvgIpc) is 3.16. The quantitative estimate of drug-likeness (QED) is 0.671. The van der Waals surface area contributed by atoms with Gasteiger partial charge in [-0.25, -0.2) is 4.39 Å². The molecule has 4 rings (SSSR count). The van der Waals surface area contributed by atoms with E-state index < -0.39 is 11.4 Å². The van der Waals surface area contributed by atoms with Gasteiger partial charge in [0.15, 0.2) is 0 Å². The minimum atomic E-state index is -0.695. The SMILES string of the molecule is CC(C)(O)[C@H]1CC[C@H](NC(=O)c2ccc(-c3nccc4occc34)c(F)c2)CC1. The number of hydrogen-bond donors (Lipinski definition) is 2. The fourth-order valence-electron chi connectivity index (χ4n) is 4.17. The first-order chi connectivity index (χ1) is 13.8. The van der Waals surface area contributed by atoms with Gasteiger partial charge in [-0.3, -0.25) is 9.78 Å². The van der Waals surface area contributed by atoms with Gasteiger partial charge < -0.3 is 14.8 Å². The van der Waals surface area contributed by atoms with E-state index in [0.29, 0.717) is 16.8 Å². The zero-order chi connectivity index (χ0) is 20.6. The number of carbonyl (C=O) groups excluding carboxylic acids is 1. The molecule has 0 aliphatic heterocycles. The number of pyridine rings is 1. The summed E-state index contributed by atoms with van der Waals surface area (Å²) in [5, 5.41) is 13.9. The van der Waals surface area contributed by atoms with Crippen molar-refractivity contribution in [2.75, 3.05) is 0 Å². The van der Waals surface area contributed by atoms with Crippen molar-refractivity contribution in [2.24, 2.45) is 5.92 Å². The molecule has 0 unspecified atom stereocenters. The van der Waals surface area contributed by atoms with Gasteiger partial charge in [-0.15, -0.1) is 0 Å². The maximum atomic E-state index is 14.8. The molecule has 1 amide bonds. The second-order valence-electron chi connectivity index (χ2n) is 8.36. The third-order valence-electron chi connectivity index (χ3n) is 5.93. The number of nitrogens with one attached hydrogen (secondary N) is 1. The Hall–Kier alpha value is -2.73. The molecule has 1 aromatic carbocycles. The van der Waals surface area contributed by atoms with Gasteiger partial charge in [0, 0.05) is 28.8 Å². The fourth-order valence-corrected chi connectivity index (χ4v) is 4.17. The first kappa shape index (κ1) is 19.6. The van der Waals surface area contributed by atoms with Crippen LogP contribution in [-0.2, 0) is 0 Å². The van der Waals surface area contributed by atoms with E-state index >= 15 is 0 Å². The van der Waals surface area contributed by atoms with Crippen molar-refractivity contribution in [2.45, 2.75) is 51.2 Å². The van der Waals surface area contributed by atoms with E-state index in [1.807, 2.05) is 13.8 Å². The molecule has 1 saturated carbocycles. The highest BCUT2D eigenvalue weighted by atomic mass is 19.1. The molecule has 3 aromatic rings. The van der Waals surface area contributed by atoms with Gasteiger partial charge in [0.2, 0.25) is 0 Å². The van der Waals surface area contributed by atoms with Crippen molar-refractivity contribution in [1.29, 1.82) is 0 Å². The van der Waals surface area contributed by atoms with Crippen molar-refractivity contribution < 1.29 is 18.7 Å². The van der Waals surface area contributed by atoms with Crippen LogP contribution in [0.2, 0.25) is 0 Å². The lowest BCUT2D eigenvalue weighted by molar-refractivity contribution is -0.00257. The standard InChI is InChI=1S/C23H25FN2O3/c1-23(2,28)15-4-6-16(7-5-15)26-22(27)14-3-8-17(19(24)13-14)21-18-10-12-29-20(18)9-11-25-21/h3,8-13,15-16,28H,4-7H2,1-2H3,(H,26,27)/t15-,16-. The summed E-state index contributed by atoms with van der Waals surface area (Å²) in [5.41, 5.74) is 1.05. The predicted molar refractivity (Wildman–Crippen MR) is 109 cm³/mol. The fraction of sp³-hybridized carbons (Fsp3) is 0.391. The summed E-state index contributed by atoms with van der Waals surface area (Å²) in [6.45, 7) is 3.67. The van der Waals surface area contributed by atoms with E-state index in [1.165, 1.54) is 6.07 Å². The Morgan fingerprint density at radius 3 is 2.66 bits per heavy atom. The third kappa shape index (κ3) is 4.03. The molecule has 0 saturated heterocycles. The molecule has 0 radical (unpaired) electrons. The molecular weight excluding hydrogens is 371 g/mol. The molecule has 0 bridgehead atoms. The molecule has 0 atom stereocenters. The summed E-state index contributed by atoms with van der Waals surface area (Å²) in [6.07, 6.45) is 6.47. The number of rotatable bonds is 4. The van der Waals surface area contributed by atoms with E-state index in [0.717, 1.165) is 31.1 Å². The number of fused-ring (bicyclic) bond motifs is 1. The number of aromatic nitrogens is 1. The lowest BCUT2D eigenvalue weighted by atomic mass is 9.77. The van der Waals surface area contributed by atoms with E-state index in [-0.39, 0.29) is 23.4 Å². The minimum Gasteiger partial charge on any atom is -0.464 e. The van der Waals surface area contributed by atoms with Crippen molar-refractivity contribution >= 4 is 16.9 Å². The number of carbonyl (C=O) groups is 1. The lowest BCUT2D eigenvalue weighted by Crippen LogP contribution is -2.41. The number of amides is 1. The third-order valence-corrected chi connectivity index (χ3v) is 5.93. The second-order valence-corrected chi connectivity index (χ2v) is 8.36. The Bertz CT molecular complexity index is 1030. The van der Waals surface area contributed by atoms with E-state index in [9.17, 15) is 14.3 Å². The smallest absolute Gasteiger partial charge is 0.251 e. The maximum absolute atomic E-state index is 14.8. The number of aliphatic hydroxyl groups is 1. The largest absolute Gasteiger partial charge is 0.464 e. The van der Waals surface area contributed by atoms with E-state index in [4.69, 9.17) is 4.42 Å². The topological polar surface area (TPSA) is 75.4 Å². The highest BCUT2D eigenvalue weighted by molar-refractivity contribution is 5.96. The van der Waals surface area contributed by atoms with Crippen LogP contribution in [0.25, 0.3) is 22.2 Å². The van der Waals surface area contributed by atoms with Crippen LogP contribution >= 0.6 is 0 Å². The van der Waals surface area contributed by atoms with Crippen LogP contribution < -0.4 is 5.32 Å². The van der Waals surface area contributed by atoms with Crippen LogP contribution in [0.3, 0.4) is 0 Å². The first-order valence-corrected chi connectivity index (χ1v) is 9.98. The van der Waals surface area contributed by atoms with Crippen LogP contribution in [-0.4, -0.2) is 27.6 Å². The molecule has 0 spiro atoms. The van der Waals surface area contributed by atoms with Gasteiger partial charge in [-0.1, -0.05) is 0 Å². The Balaban J connectivity index is 1.47. The summed E-state index contributed by atoms with van der Waals surface area (Å²) in [6, 6.07) is 7.99. The monoisotopic (exact) mass is 396 g/mol. The van der Waals surface area contributed by atoms with Crippen LogP contribution in [0.15, 0.2) is 47.2 Å². The molecule has 2 heterocycles. The van der Waals surface area contributed by atoms with Crippen molar-refractivity contribution in [3.63, 3.8) is 0 Å². The summed E-state index contributed by atoms with van der Waals surface area (Å²) in [4.78, 5) is 16.9. The Kier molecular flexibility index (Phi) is 5.13. The van der Waals surface area contributed by atoms with Crippen molar-refractivity contribution in [1.82, 2.24) is 10.3 Å². The molecule has 29 heavy (non-hydrogen) atoms. The minimum absolute atomic E-state index is 0.0465. The van der Waals surface area contributed by atoms with Crippen molar-refractivity contribution in [3.8, 4) is 11.3 Å². The number of furan rings is 1. The predicted octanol–water partition coefficient (Wildman–Crippen LogP) is 4.69. The van der Waals surface area contributed by atoms with E-state index in [1.54, 1.807) is 36.7 Å². The highest BCUT2D eigenvalue weighted by Gasteiger charge is 2.31. The van der Waals surface area contributed by atoms with Gasteiger partial charge >= 0.3 is 0 Å². The summed E-state index contributed by atoms with van der Waals surface area (Å²) >= 11 is 0. The number of halogens is 1. The maximum Gasteiger partial charge on any atom is 0.251 e. The van der Waals surface area contributed by atoms with E-state index in [2.05, 4.69) is 10.3 Å². The van der Waals surface area contributed by atoms with Crippen LogP contribution in [0.1, 0.15) is 49.9 Å². The van der Waals surface area contributed by atoms with Crippen LogP contribution in [0.4, 0.5) is 4.39 Å². The number of hydrogen-bond acceptors (Lipinski definition) is 4. The van der Waals surface area contributed by atoms with Crippen LogP contribution in [0.5, 0.6) is 0 Å². The lowest BCUT2D eigenvalue weighted by Gasteiger charge is -2.36. The molecule has 1 fully saturated rings. The highest BCUT2D eigenvalue weighted by Crippen LogP contribution is 2.33. The van der Waals surface area contributed by atoms with Gasteiger partial charge in [-0.2, -0.15) is 0 Å². The first-order valence-electron chi connectivity index (χ1n) is 9.98.